The Kier molecular flexibility index (Phi) is 10.1. The number of carbonyl (C=O) groups is 2. The minimum Gasteiger partial charge on any atom is -0.340 e. The van der Waals surface area contributed by atoms with Crippen LogP contribution >= 0.6 is 24.2 Å². The van der Waals surface area contributed by atoms with E-state index in [0.29, 0.717) is 19.5 Å². The molecule has 0 aliphatic carbocycles. The Hall–Kier alpha value is -1.84. The van der Waals surface area contributed by atoms with Crippen molar-refractivity contribution in [2.45, 2.75) is 18.9 Å². The molecule has 150 valence electrons. The van der Waals surface area contributed by atoms with Gasteiger partial charge in [0.2, 0.25) is 5.91 Å². The van der Waals surface area contributed by atoms with Gasteiger partial charge in [0.1, 0.15) is 6.04 Å². The van der Waals surface area contributed by atoms with Crippen molar-refractivity contribution in [3.8, 4) is 0 Å². The van der Waals surface area contributed by atoms with Gasteiger partial charge in [-0.3, -0.25) is 19.7 Å². The number of benzene rings is 1. The Labute approximate surface area is 169 Å². The van der Waals surface area contributed by atoms with Crippen molar-refractivity contribution in [1.82, 2.24) is 15.5 Å². The molecular formula is C17H25ClN4O4S. The van der Waals surface area contributed by atoms with Gasteiger partial charge in [-0.25, -0.2) is 0 Å². The average molecular weight is 417 g/mol. The summed E-state index contributed by atoms with van der Waals surface area (Å²) in [6, 6.07) is 4.89. The maximum absolute atomic E-state index is 12.9. The number of thioether (sulfide) groups is 1. The van der Waals surface area contributed by atoms with Crippen molar-refractivity contribution in [2.75, 3.05) is 38.2 Å². The van der Waals surface area contributed by atoms with Crippen molar-refractivity contribution in [3.63, 3.8) is 0 Å². The summed E-state index contributed by atoms with van der Waals surface area (Å²) < 4.78 is 0. The predicted molar refractivity (Wildman–Crippen MR) is 109 cm³/mol. The molecule has 0 aromatic heterocycles. The number of nitro groups is 1. The molecule has 1 saturated heterocycles. The third-order valence-electron chi connectivity index (χ3n) is 4.18. The Bertz CT molecular complexity index is 654. The summed E-state index contributed by atoms with van der Waals surface area (Å²) in [5, 5.41) is 16.9. The van der Waals surface area contributed by atoms with Crippen molar-refractivity contribution in [2.24, 2.45) is 0 Å². The maximum atomic E-state index is 12.9. The van der Waals surface area contributed by atoms with E-state index < -0.39 is 16.9 Å². The van der Waals surface area contributed by atoms with Gasteiger partial charge >= 0.3 is 0 Å². The highest BCUT2D eigenvalue weighted by molar-refractivity contribution is 7.98. The van der Waals surface area contributed by atoms with Crippen molar-refractivity contribution >= 4 is 41.7 Å². The van der Waals surface area contributed by atoms with Gasteiger partial charge in [0.15, 0.2) is 0 Å². The van der Waals surface area contributed by atoms with Crippen LogP contribution in [0.5, 0.6) is 0 Å². The number of carbonyl (C=O) groups excluding carboxylic acids is 2. The second kappa shape index (κ2) is 11.8. The highest BCUT2D eigenvalue weighted by Crippen LogP contribution is 2.14. The quantitative estimate of drug-likeness (QED) is 0.517. The molecule has 2 rings (SSSR count). The van der Waals surface area contributed by atoms with Crippen LogP contribution in [0.15, 0.2) is 24.3 Å². The number of non-ortho nitro benzene ring substituents is 1. The van der Waals surface area contributed by atoms with Crippen molar-refractivity contribution < 1.29 is 14.5 Å². The standard InChI is InChI=1S/C17H24N4O4S.ClH/c1-26-11-6-15(17(23)20-9-3-7-18-8-10-20)19-16(22)13-4-2-5-14(12-13)21(24)25;/h2,4-5,12,15,18H,3,6-11H2,1H3,(H,19,22);1H. The first-order valence-electron chi connectivity index (χ1n) is 8.56. The third kappa shape index (κ3) is 7.00. The van der Waals surface area contributed by atoms with Gasteiger partial charge in [0.25, 0.3) is 11.6 Å². The van der Waals surface area contributed by atoms with E-state index in [0.717, 1.165) is 25.3 Å². The third-order valence-corrected chi connectivity index (χ3v) is 4.83. The van der Waals surface area contributed by atoms with Gasteiger partial charge in [0, 0.05) is 37.3 Å². The van der Waals surface area contributed by atoms with Gasteiger partial charge in [-0.2, -0.15) is 11.8 Å². The summed E-state index contributed by atoms with van der Waals surface area (Å²) in [5.41, 5.74) is 0.0296. The molecule has 0 radical (unpaired) electrons. The van der Waals surface area contributed by atoms with E-state index in [1.807, 2.05) is 6.26 Å². The van der Waals surface area contributed by atoms with Crippen molar-refractivity contribution in [3.05, 3.63) is 39.9 Å². The second-order valence-electron chi connectivity index (χ2n) is 6.04. The molecule has 1 heterocycles. The topological polar surface area (TPSA) is 105 Å². The van der Waals surface area contributed by atoms with E-state index in [9.17, 15) is 19.7 Å². The molecule has 1 unspecified atom stereocenters. The van der Waals surface area contributed by atoms with E-state index in [1.54, 1.807) is 16.7 Å². The summed E-state index contributed by atoms with van der Waals surface area (Å²) in [6.07, 6.45) is 3.34. The fourth-order valence-corrected chi connectivity index (χ4v) is 3.25. The summed E-state index contributed by atoms with van der Waals surface area (Å²) in [5.74, 6) is 0.167. The fraction of sp³-hybridized carbons (Fsp3) is 0.529. The molecule has 1 aliphatic heterocycles. The molecule has 1 aromatic rings. The molecule has 10 heteroatoms. The summed E-state index contributed by atoms with van der Waals surface area (Å²) >= 11 is 1.60. The van der Waals surface area contributed by atoms with Crippen LogP contribution in [0.1, 0.15) is 23.2 Å². The number of hydrogen-bond donors (Lipinski definition) is 2. The molecule has 2 amide bonds. The Morgan fingerprint density at radius 1 is 1.37 bits per heavy atom. The van der Waals surface area contributed by atoms with Crippen LogP contribution in [0.25, 0.3) is 0 Å². The molecule has 27 heavy (non-hydrogen) atoms. The largest absolute Gasteiger partial charge is 0.340 e. The minimum absolute atomic E-state index is 0. The number of hydrogen-bond acceptors (Lipinski definition) is 6. The summed E-state index contributed by atoms with van der Waals surface area (Å²) in [6.45, 7) is 2.88. The molecular weight excluding hydrogens is 392 g/mol. The van der Waals surface area contributed by atoms with Crippen LogP contribution in [0.3, 0.4) is 0 Å². The number of amides is 2. The average Bonchev–Trinajstić information content (AvgIpc) is 2.94. The lowest BCUT2D eigenvalue weighted by Gasteiger charge is -2.26. The van der Waals surface area contributed by atoms with Gasteiger partial charge in [0.05, 0.1) is 4.92 Å². The molecule has 0 spiro atoms. The maximum Gasteiger partial charge on any atom is 0.270 e. The van der Waals surface area contributed by atoms with E-state index in [2.05, 4.69) is 10.6 Å². The van der Waals surface area contributed by atoms with E-state index in [4.69, 9.17) is 0 Å². The zero-order chi connectivity index (χ0) is 18.9. The lowest BCUT2D eigenvalue weighted by molar-refractivity contribution is -0.384. The molecule has 1 aromatic carbocycles. The zero-order valence-electron chi connectivity index (χ0n) is 15.2. The molecule has 1 aliphatic rings. The summed E-state index contributed by atoms with van der Waals surface area (Å²) in [7, 11) is 0. The highest BCUT2D eigenvalue weighted by Gasteiger charge is 2.26. The van der Waals surface area contributed by atoms with E-state index in [1.165, 1.54) is 24.3 Å². The number of nitrogens with zero attached hydrogens (tertiary/aromatic N) is 2. The highest BCUT2D eigenvalue weighted by atomic mass is 35.5. The fourth-order valence-electron chi connectivity index (χ4n) is 2.78. The summed E-state index contributed by atoms with van der Waals surface area (Å²) in [4.78, 5) is 37.5. The SMILES string of the molecule is CSCCC(NC(=O)c1cccc([N+](=O)[O-])c1)C(=O)N1CCCNCC1.Cl. The minimum atomic E-state index is -0.632. The van der Waals surface area contributed by atoms with Gasteiger partial charge in [-0.05, 0) is 37.5 Å². The number of rotatable bonds is 7. The number of nitro benzene ring substituents is 1. The van der Waals surface area contributed by atoms with Crippen LogP contribution in [0.4, 0.5) is 5.69 Å². The van der Waals surface area contributed by atoms with Crippen LogP contribution in [0.2, 0.25) is 0 Å². The Balaban J connectivity index is 0.00000364. The lowest BCUT2D eigenvalue weighted by atomic mass is 10.1. The Morgan fingerprint density at radius 3 is 2.85 bits per heavy atom. The van der Waals surface area contributed by atoms with E-state index >= 15 is 0 Å². The monoisotopic (exact) mass is 416 g/mol. The zero-order valence-corrected chi connectivity index (χ0v) is 16.8. The first-order valence-corrected chi connectivity index (χ1v) is 9.96. The predicted octanol–water partition coefficient (Wildman–Crippen LogP) is 1.69. The normalized spacial score (nSPS) is 15.2. The van der Waals surface area contributed by atoms with Crippen LogP contribution in [-0.2, 0) is 4.79 Å². The molecule has 8 nitrogen and oxygen atoms in total. The Morgan fingerprint density at radius 2 is 2.15 bits per heavy atom. The number of nitrogens with one attached hydrogen (secondary N) is 2. The molecule has 1 fully saturated rings. The van der Waals surface area contributed by atoms with Crippen molar-refractivity contribution in [1.29, 1.82) is 0 Å². The number of halogens is 1. The van der Waals surface area contributed by atoms with Crippen LogP contribution in [0, 0.1) is 10.1 Å². The molecule has 1 atom stereocenters. The lowest BCUT2D eigenvalue weighted by Crippen LogP contribution is -2.49. The smallest absolute Gasteiger partial charge is 0.270 e. The van der Waals surface area contributed by atoms with Gasteiger partial charge in [-0.1, -0.05) is 6.07 Å². The van der Waals surface area contributed by atoms with Crippen LogP contribution in [-0.4, -0.2) is 65.9 Å². The second-order valence-corrected chi connectivity index (χ2v) is 7.03. The first-order chi connectivity index (χ1) is 12.5. The van der Waals surface area contributed by atoms with Crippen LogP contribution < -0.4 is 10.6 Å². The molecule has 0 saturated carbocycles. The van der Waals surface area contributed by atoms with E-state index in [-0.39, 0.29) is 29.6 Å². The first kappa shape index (κ1) is 23.2. The molecule has 0 bridgehead atoms. The molecule has 2 N–H and O–H groups in total. The van der Waals surface area contributed by atoms with Gasteiger partial charge in [-0.15, -0.1) is 12.4 Å². The van der Waals surface area contributed by atoms with Gasteiger partial charge < -0.3 is 15.5 Å².